The average molecular weight is 386 g/mol. The van der Waals surface area contributed by atoms with Gasteiger partial charge in [0.25, 0.3) is 5.56 Å². The summed E-state index contributed by atoms with van der Waals surface area (Å²) in [5.41, 5.74) is 0.321. The molecular weight excluding hydrogens is 367 g/mol. The fraction of sp³-hybridized carbons (Fsp3) is 0.444. The maximum Gasteiger partial charge on any atom is 0.391 e. The number of aromatic nitrogens is 2. The zero-order valence-corrected chi connectivity index (χ0v) is 14.9. The van der Waals surface area contributed by atoms with Crippen LogP contribution in [0.5, 0.6) is 0 Å². The SMILES string of the molecule is CNc1cc(=O)n(-c2ccc(Cl)cc2)c(C2CCC(C(F)(F)F)CC2)n1. The molecule has 1 aromatic carbocycles. The summed E-state index contributed by atoms with van der Waals surface area (Å²) in [6.45, 7) is 0. The third kappa shape index (κ3) is 3.87. The molecule has 1 fully saturated rings. The van der Waals surface area contributed by atoms with Gasteiger partial charge in [-0.05, 0) is 49.9 Å². The Bertz CT molecular complexity index is 825. The zero-order chi connectivity index (χ0) is 18.9. The Morgan fingerprint density at radius 1 is 1.15 bits per heavy atom. The third-order valence-electron chi connectivity index (χ3n) is 4.84. The van der Waals surface area contributed by atoms with Gasteiger partial charge >= 0.3 is 6.18 Å². The number of halogens is 4. The van der Waals surface area contributed by atoms with Crippen molar-refractivity contribution in [3.8, 4) is 5.69 Å². The molecule has 3 rings (SSSR count). The van der Waals surface area contributed by atoms with Gasteiger partial charge in [-0.25, -0.2) is 4.98 Å². The molecule has 2 aromatic rings. The van der Waals surface area contributed by atoms with Gasteiger partial charge in [-0.15, -0.1) is 0 Å². The van der Waals surface area contributed by atoms with Crippen LogP contribution in [0.2, 0.25) is 5.02 Å². The second kappa shape index (κ2) is 7.31. The molecule has 0 unspecified atom stereocenters. The Morgan fingerprint density at radius 3 is 2.31 bits per heavy atom. The highest BCUT2D eigenvalue weighted by Gasteiger charge is 2.42. The van der Waals surface area contributed by atoms with Crippen LogP contribution in [0.15, 0.2) is 35.1 Å². The topological polar surface area (TPSA) is 46.9 Å². The van der Waals surface area contributed by atoms with Crippen LogP contribution in [-0.4, -0.2) is 22.8 Å². The minimum Gasteiger partial charge on any atom is -0.373 e. The molecule has 4 nitrogen and oxygen atoms in total. The molecule has 0 atom stereocenters. The second-order valence-corrected chi connectivity index (χ2v) is 6.93. The Labute approximate surface area is 154 Å². The number of alkyl halides is 3. The van der Waals surface area contributed by atoms with E-state index in [9.17, 15) is 18.0 Å². The summed E-state index contributed by atoms with van der Waals surface area (Å²) in [4.78, 5) is 17.1. The van der Waals surface area contributed by atoms with E-state index >= 15 is 0 Å². The second-order valence-electron chi connectivity index (χ2n) is 6.49. The summed E-state index contributed by atoms with van der Waals surface area (Å²) >= 11 is 5.91. The van der Waals surface area contributed by atoms with Gasteiger partial charge in [-0.1, -0.05) is 11.6 Å². The minimum absolute atomic E-state index is 0.0500. The highest BCUT2D eigenvalue weighted by atomic mass is 35.5. The number of anilines is 1. The first-order valence-electron chi connectivity index (χ1n) is 8.44. The van der Waals surface area contributed by atoms with E-state index in [1.165, 1.54) is 10.6 Å². The lowest BCUT2D eigenvalue weighted by Crippen LogP contribution is -2.30. The van der Waals surface area contributed by atoms with Crippen LogP contribution in [0.4, 0.5) is 19.0 Å². The van der Waals surface area contributed by atoms with E-state index in [-0.39, 0.29) is 24.3 Å². The maximum atomic E-state index is 12.9. The molecule has 1 heterocycles. The average Bonchev–Trinajstić information content (AvgIpc) is 2.61. The first kappa shape index (κ1) is 18.8. The normalized spacial score (nSPS) is 20.8. The summed E-state index contributed by atoms with van der Waals surface area (Å²) < 4.78 is 40.3. The lowest BCUT2D eigenvalue weighted by atomic mass is 9.81. The Balaban J connectivity index is 1.99. The number of benzene rings is 1. The smallest absolute Gasteiger partial charge is 0.373 e. The van der Waals surface area contributed by atoms with E-state index in [0.29, 0.717) is 35.2 Å². The van der Waals surface area contributed by atoms with Crippen LogP contribution in [0.25, 0.3) is 5.69 Å². The Kier molecular flexibility index (Phi) is 5.27. The van der Waals surface area contributed by atoms with Crippen LogP contribution in [0, 0.1) is 5.92 Å². The van der Waals surface area contributed by atoms with Crippen molar-refractivity contribution in [3.05, 3.63) is 51.5 Å². The Morgan fingerprint density at radius 2 is 1.77 bits per heavy atom. The molecule has 0 radical (unpaired) electrons. The van der Waals surface area contributed by atoms with Gasteiger partial charge in [0.2, 0.25) is 0 Å². The lowest BCUT2D eigenvalue weighted by molar-refractivity contribution is -0.182. The van der Waals surface area contributed by atoms with Crippen LogP contribution in [-0.2, 0) is 0 Å². The van der Waals surface area contributed by atoms with Crippen molar-refractivity contribution in [1.82, 2.24) is 9.55 Å². The predicted octanol–water partition coefficient (Wildman–Crippen LogP) is 4.76. The quantitative estimate of drug-likeness (QED) is 0.828. The van der Waals surface area contributed by atoms with Gasteiger partial charge in [0.1, 0.15) is 11.6 Å². The number of hydrogen-bond acceptors (Lipinski definition) is 3. The van der Waals surface area contributed by atoms with Crippen molar-refractivity contribution in [3.63, 3.8) is 0 Å². The van der Waals surface area contributed by atoms with Crippen molar-refractivity contribution in [1.29, 1.82) is 0 Å². The molecule has 0 aliphatic heterocycles. The summed E-state index contributed by atoms with van der Waals surface area (Å²) in [5.74, 6) is -0.579. The van der Waals surface area contributed by atoms with Crippen molar-refractivity contribution in [2.45, 2.75) is 37.8 Å². The molecule has 140 valence electrons. The van der Waals surface area contributed by atoms with E-state index in [4.69, 9.17) is 11.6 Å². The van der Waals surface area contributed by atoms with Gasteiger partial charge in [-0.2, -0.15) is 13.2 Å². The van der Waals surface area contributed by atoms with Crippen LogP contribution in [0.3, 0.4) is 0 Å². The van der Waals surface area contributed by atoms with Crippen molar-refractivity contribution in [2.24, 2.45) is 5.92 Å². The summed E-state index contributed by atoms with van der Waals surface area (Å²) in [7, 11) is 1.65. The molecular formula is C18H19ClF3N3O. The van der Waals surface area contributed by atoms with Gasteiger partial charge in [0.15, 0.2) is 0 Å². The molecule has 0 bridgehead atoms. The molecule has 1 aliphatic carbocycles. The predicted molar refractivity (Wildman–Crippen MR) is 95.1 cm³/mol. The van der Waals surface area contributed by atoms with E-state index in [0.717, 1.165) is 0 Å². The van der Waals surface area contributed by atoms with Crippen LogP contribution in [0.1, 0.15) is 37.4 Å². The summed E-state index contributed by atoms with van der Waals surface area (Å²) in [6.07, 6.45) is -3.38. The van der Waals surface area contributed by atoms with Crippen molar-refractivity contribution >= 4 is 17.4 Å². The van der Waals surface area contributed by atoms with E-state index in [1.807, 2.05) is 0 Å². The van der Waals surface area contributed by atoms with E-state index in [1.54, 1.807) is 31.3 Å². The summed E-state index contributed by atoms with van der Waals surface area (Å²) in [5, 5.41) is 3.38. The van der Waals surface area contributed by atoms with Gasteiger partial charge < -0.3 is 5.32 Å². The summed E-state index contributed by atoms with van der Waals surface area (Å²) in [6, 6.07) is 8.11. The highest BCUT2D eigenvalue weighted by Crippen LogP contribution is 2.42. The fourth-order valence-corrected chi connectivity index (χ4v) is 3.56. The van der Waals surface area contributed by atoms with Crippen molar-refractivity contribution in [2.75, 3.05) is 12.4 Å². The number of hydrogen-bond donors (Lipinski definition) is 1. The maximum absolute atomic E-state index is 12.9. The number of nitrogens with one attached hydrogen (secondary N) is 1. The molecule has 8 heteroatoms. The van der Waals surface area contributed by atoms with Crippen molar-refractivity contribution < 1.29 is 13.2 Å². The standard InChI is InChI=1S/C18H19ClF3N3O/c1-23-15-10-16(26)25(14-8-6-13(19)7-9-14)17(24-15)11-2-4-12(5-3-11)18(20,21)22/h6-12,23H,2-5H2,1H3. The highest BCUT2D eigenvalue weighted by molar-refractivity contribution is 6.30. The van der Waals surface area contributed by atoms with E-state index in [2.05, 4.69) is 10.3 Å². The molecule has 1 saturated carbocycles. The lowest BCUT2D eigenvalue weighted by Gasteiger charge is -2.30. The molecule has 1 N–H and O–H groups in total. The van der Waals surface area contributed by atoms with Gasteiger partial charge in [0.05, 0.1) is 11.6 Å². The van der Waals surface area contributed by atoms with E-state index < -0.39 is 12.1 Å². The van der Waals surface area contributed by atoms with Crippen LogP contribution < -0.4 is 10.9 Å². The first-order chi connectivity index (χ1) is 12.3. The molecule has 0 amide bonds. The largest absolute Gasteiger partial charge is 0.391 e. The number of nitrogens with zero attached hydrogens (tertiary/aromatic N) is 2. The monoisotopic (exact) mass is 385 g/mol. The molecule has 26 heavy (non-hydrogen) atoms. The molecule has 0 spiro atoms. The first-order valence-corrected chi connectivity index (χ1v) is 8.82. The fourth-order valence-electron chi connectivity index (χ4n) is 3.43. The molecule has 1 aromatic heterocycles. The van der Waals surface area contributed by atoms with Gasteiger partial charge in [0, 0.05) is 24.1 Å². The third-order valence-corrected chi connectivity index (χ3v) is 5.09. The van der Waals surface area contributed by atoms with Gasteiger partial charge in [-0.3, -0.25) is 9.36 Å². The zero-order valence-electron chi connectivity index (χ0n) is 14.2. The van der Waals surface area contributed by atoms with Crippen LogP contribution >= 0.6 is 11.6 Å². The minimum atomic E-state index is -4.17. The number of rotatable bonds is 3. The molecule has 1 aliphatic rings. The molecule has 0 saturated heterocycles. The Hall–Kier alpha value is -2.02.